The largest absolute Gasteiger partial charge is 0.347 e. The number of hydrogen-bond donors (Lipinski definition) is 1. The number of amides is 2. The number of nitrogens with zero attached hydrogens (tertiary/aromatic N) is 1. The van der Waals surface area contributed by atoms with Crippen molar-refractivity contribution in [3.05, 3.63) is 64.7 Å². The first kappa shape index (κ1) is 26.1. The Kier molecular flexibility index (Phi) is 6.43. The molecule has 2 amide bonds. The van der Waals surface area contributed by atoms with E-state index in [1.807, 2.05) is 0 Å². The standard InChI is InChI=1S/C25H26F4N2O4S/c1-24(9-10-31(24)22(32)15-5-4-6-16(11-15)36(3,34)35)23(33)30-21(14-7-8-14)17-12-20(27)18(13-19(17)26)25(2,28)29/h4-6,11-14,21H,7-10H2,1-3H3,(H,30,33)/t21-,24+/m1/s1. The number of carbonyl (C=O) groups is 2. The predicted octanol–water partition coefficient (Wildman–Crippen LogP) is 4.35. The normalized spacial score (nSPS) is 21.0. The third-order valence-electron chi connectivity index (χ3n) is 6.94. The van der Waals surface area contributed by atoms with Gasteiger partial charge in [0.25, 0.3) is 11.8 Å². The van der Waals surface area contributed by atoms with Crippen molar-refractivity contribution in [3.8, 4) is 0 Å². The fraction of sp³-hybridized carbons (Fsp3) is 0.440. The highest BCUT2D eigenvalue weighted by atomic mass is 32.2. The summed E-state index contributed by atoms with van der Waals surface area (Å²) in [4.78, 5) is 27.7. The molecule has 1 heterocycles. The highest BCUT2D eigenvalue weighted by Crippen LogP contribution is 2.44. The van der Waals surface area contributed by atoms with Gasteiger partial charge in [-0.25, -0.2) is 26.0 Å². The SMILES string of the molecule is CC(F)(F)c1cc(F)c([C@H](NC(=O)[C@]2(C)CCN2C(=O)c2cccc(S(C)(=O)=O)c2)C2CC2)cc1F. The van der Waals surface area contributed by atoms with Crippen LogP contribution in [-0.2, 0) is 20.6 Å². The lowest BCUT2D eigenvalue weighted by atomic mass is 9.84. The number of halogens is 4. The highest BCUT2D eigenvalue weighted by Gasteiger charge is 2.51. The fourth-order valence-electron chi connectivity index (χ4n) is 4.45. The number of carbonyl (C=O) groups excluding carboxylic acids is 2. The molecule has 0 aromatic heterocycles. The summed E-state index contributed by atoms with van der Waals surface area (Å²) in [5, 5.41) is 2.71. The molecule has 194 valence electrons. The summed E-state index contributed by atoms with van der Waals surface area (Å²) in [5.41, 5.74) is -2.50. The van der Waals surface area contributed by atoms with E-state index in [2.05, 4.69) is 5.32 Å². The number of hydrogen-bond acceptors (Lipinski definition) is 4. The van der Waals surface area contributed by atoms with Crippen molar-refractivity contribution in [2.45, 2.75) is 55.5 Å². The lowest BCUT2D eigenvalue weighted by Gasteiger charge is -2.49. The molecule has 0 spiro atoms. The maximum Gasteiger partial charge on any atom is 0.273 e. The minimum absolute atomic E-state index is 0.0348. The van der Waals surface area contributed by atoms with Gasteiger partial charge in [-0.15, -0.1) is 0 Å². The molecule has 1 saturated heterocycles. The molecule has 1 N–H and O–H groups in total. The monoisotopic (exact) mass is 526 g/mol. The summed E-state index contributed by atoms with van der Waals surface area (Å²) in [5.74, 6) is -7.22. The molecule has 1 aliphatic heterocycles. The molecule has 4 rings (SSSR count). The Labute approximate surface area is 206 Å². The molecule has 6 nitrogen and oxygen atoms in total. The van der Waals surface area contributed by atoms with Crippen LogP contribution < -0.4 is 5.32 Å². The van der Waals surface area contributed by atoms with Crippen LogP contribution in [0.4, 0.5) is 17.6 Å². The minimum atomic E-state index is -3.57. The lowest BCUT2D eigenvalue weighted by Crippen LogP contribution is -2.67. The molecule has 36 heavy (non-hydrogen) atoms. The van der Waals surface area contributed by atoms with E-state index in [-0.39, 0.29) is 28.5 Å². The second kappa shape index (κ2) is 8.86. The van der Waals surface area contributed by atoms with Gasteiger partial charge in [0.05, 0.1) is 16.5 Å². The van der Waals surface area contributed by atoms with Crippen LogP contribution in [0.3, 0.4) is 0 Å². The van der Waals surface area contributed by atoms with Gasteiger partial charge in [-0.3, -0.25) is 9.59 Å². The van der Waals surface area contributed by atoms with E-state index < -0.39 is 56.4 Å². The fourth-order valence-corrected chi connectivity index (χ4v) is 5.12. The molecule has 2 aliphatic rings. The molecular formula is C25H26F4N2O4S. The van der Waals surface area contributed by atoms with Gasteiger partial charge in [-0.2, -0.15) is 0 Å². The van der Waals surface area contributed by atoms with E-state index in [1.165, 1.54) is 36.1 Å². The number of alkyl halides is 2. The predicted molar refractivity (Wildman–Crippen MR) is 123 cm³/mol. The molecule has 1 aliphatic carbocycles. The van der Waals surface area contributed by atoms with Gasteiger partial charge in [-0.1, -0.05) is 6.07 Å². The second-order valence-electron chi connectivity index (χ2n) is 9.81. The van der Waals surface area contributed by atoms with Gasteiger partial charge >= 0.3 is 0 Å². The van der Waals surface area contributed by atoms with Crippen molar-refractivity contribution in [1.82, 2.24) is 10.2 Å². The summed E-state index contributed by atoms with van der Waals surface area (Å²) < 4.78 is 80.2. The molecule has 2 fully saturated rings. The van der Waals surface area contributed by atoms with Gasteiger partial charge in [0.2, 0.25) is 5.91 Å². The molecule has 2 aromatic rings. The number of nitrogens with one attached hydrogen (secondary N) is 1. The first-order valence-electron chi connectivity index (χ1n) is 11.4. The Bertz CT molecular complexity index is 1340. The van der Waals surface area contributed by atoms with Crippen LogP contribution in [0, 0.1) is 17.6 Å². The first-order valence-corrected chi connectivity index (χ1v) is 13.3. The van der Waals surface area contributed by atoms with Gasteiger partial charge < -0.3 is 10.2 Å². The van der Waals surface area contributed by atoms with E-state index in [9.17, 15) is 35.6 Å². The van der Waals surface area contributed by atoms with Crippen LogP contribution in [0.15, 0.2) is 41.3 Å². The molecular weight excluding hydrogens is 500 g/mol. The van der Waals surface area contributed by atoms with E-state index in [1.54, 1.807) is 0 Å². The smallest absolute Gasteiger partial charge is 0.273 e. The van der Waals surface area contributed by atoms with Gasteiger partial charge in [0, 0.05) is 30.9 Å². The van der Waals surface area contributed by atoms with E-state index in [0.29, 0.717) is 38.3 Å². The van der Waals surface area contributed by atoms with Crippen molar-refractivity contribution in [1.29, 1.82) is 0 Å². The van der Waals surface area contributed by atoms with E-state index >= 15 is 0 Å². The van der Waals surface area contributed by atoms with Crippen LogP contribution in [0.2, 0.25) is 0 Å². The molecule has 0 radical (unpaired) electrons. The molecule has 2 atom stereocenters. The highest BCUT2D eigenvalue weighted by molar-refractivity contribution is 7.90. The number of sulfone groups is 1. The topological polar surface area (TPSA) is 83.6 Å². The van der Waals surface area contributed by atoms with Gasteiger partial charge in [0.15, 0.2) is 9.84 Å². The van der Waals surface area contributed by atoms with Crippen LogP contribution in [-0.4, -0.2) is 43.5 Å². The van der Waals surface area contributed by atoms with Crippen molar-refractivity contribution in [2.75, 3.05) is 12.8 Å². The second-order valence-corrected chi connectivity index (χ2v) is 11.8. The maximum atomic E-state index is 14.8. The Balaban J connectivity index is 1.58. The van der Waals surface area contributed by atoms with Crippen LogP contribution in [0.25, 0.3) is 0 Å². The maximum absolute atomic E-state index is 14.8. The number of likely N-dealkylation sites (tertiary alicyclic amines) is 1. The van der Waals surface area contributed by atoms with Gasteiger partial charge in [0.1, 0.15) is 17.2 Å². The average molecular weight is 527 g/mol. The van der Waals surface area contributed by atoms with Crippen molar-refractivity contribution >= 4 is 21.7 Å². The first-order chi connectivity index (χ1) is 16.6. The van der Waals surface area contributed by atoms with Crippen molar-refractivity contribution in [3.63, 3.8) is 0 Å². The molecule has 0 unspecified atom stereocenters. The van der Waals surface area contributed by atoms with Crippen LogP contribution in [0.5, 0.6) is 0 Å². The minimum Gasteiger partial charge on any atom is -0.347 e. The summed E-state index contributed by atoms with van der Waals surface area (Å²) in [7, 11) is -3.55. The molecule has 1 saturated carbocycles. The summed E-state index contributed by atoms with van der Waals surface area (Å²) >= 11 is 0. The zero-order chi connectivity index (χ0) is 26.6. The zero-order valence-electron chi connectivity index (χ0n) is 19.9. The third kappa shape index (κ3) is 4.85. The van der Waals surface area contributed by atoms with Gasteiger partial charge in [-0.05, 0) is 62.4 Å². The van der Waals surface area contributed by atoms with Crippen LogP contribution in [0.1, 0.15) is 60.6 Å². The third-order valence-corrected chi connectivity index (χ3v) is 8.05. The molecule has 11 heteroatoms. The molecule has 2 aromatic carbocycles. The average Bonchev–Trinajstić information content (AvgIpc) is 3.61. The van der Waals surface area contributed by atoms with Crippen LogP contribution >= 0.6 is 0 Å². The summed E-state index contributed by atoms with van der Waals surface area (Å²) in [6, 6.07) is 5.70. The van der Waals surface area contributed by atoms with E-state index in [4.69, 9.17) is 0 Å². The summed E-state index contributed by atoms with van der Waals surface area (Å²) in [6.07, 6.45) is 2.59. The number of rotatable bonds is 7. The Hall–Kier alpha value is -2.95. The Morgan fingerprint density at radius 1 is 1.14 bits per heavy atom. The Morgan fingerprint density at radius 2 is 1.81 bits per heavy atom. The van der Waals surface area contributed by atoms with Crippen molar-refractivity contribution < 1.29 is 35.6 Å². The van der Waals surface area contributed by atoms with E-state index in [0.717, 1.165) is 6.26 Å². The lowest BCUT2D eigenvalue weighted by molar-refractivity contribution is -0.138. The number of benzene rings is 2. The Morgan fingerprint density at radius 3 is 2.33 bits per heavy atom. The molecule has 0 bridgehead atoms. The summed E-state index contributed by atoms with van der Waals surface area (Å²) in [6.45, 7) is 2.24. The van der Waals surface area contributed by atoms with Crippen molar-refractivity contribution in [2.24, 2.45) is 5.92 Å². The quantitative estimate of drug-likeness (QED) is 0.544. The zero-order valence-corrected chi connectivity index (χ0v) is 20.8.